The average molecular weight is 306 g/mol. The summed E-state index contributed by atoms with van der Waals surface area (Å²) >= 11 is 0. The molecule has 1 fully saturated rings. The molecule has 1 saturated carbocycles. The van der Waals surface area contributed by atoms with Gasteiger partial charge < -0.3 is 20.5 Å². The van der Waals surface area contributed by atoms with E-state index in [4.69, 9.17) is 15.2 Å². The summed E-state index contributed by atoms with van der Waals surface area (Å²) in [4.78, 5) is 12.2. The molecule has 5 nitrogen and oxygen atoms in total. The first-order chi connectivity index (χ1) is 10.6. The Bertz CT molecular complexity index is 493. The van der Waals surface area contributed by atoms with Crippen LogP contribution in [0.3, 0.4) is 0 Å². The van der Waals surface area contributed by atoms with Gasteiger partial charge in [0, 0.05) is 12.0 Å². The molecule has 3 N–H and O–H groups in total. The third kappa shape index (κ3) is 4.37. The molecule has 1 unspecified atom stereocenters. The molecule has 1 aromatic rings. The van der Waals surface area contributed by atoms with Gasteiger partial charge in [-0.05, 0) is 44.4 Å². The van der Waals surface area contributed by atoms with Crippen LogP contribution in [0.4, 0.5) is 0 Å². The number of nitrogens with one attached hydrogen (secondary N) is 1. The van der Waals surface area contributed by atoms with E-state index < -0.39 is 0 Å². The smallest absolute Gasteiger partial charge is 0.223 e. The molecule has 0 heterocycles. The molecule has 2 rings (SSSR count). The Balaban J connectivity index is 1.79. The van der Waals surface area contributed by atoms with Crippen LogP contribution >= 0.6 is 0 Å². The first-order valence-corrected chi connectivity index (χ1v) is 7.92. The van der Waals surface area contributed by atoms with E-state index in [1.807, 2.05) is 31.2 Å². The predicted octanol–water partition coefficient (Wildman–Crippen LogP) is 1.95. The molecule has 122 valence electrons. The fourth-order valence-corrected chi connectivity index (χ4v) is 2.99. The predicted molar refractivity (Wildman–Crippen MR) is 86.0 cm³/mol. The molecule has 1 aliphatic rings. The van der Waals surface area contributed by atoms with Crippen molar-refractivity contribution in [1.82, 2.24) is 5.32 Å². The van der Waals surface area contributed by atoms with Gasteiger partial charge >= 0.3 is 0 Å². The highest BCUT2D eigenvalue weighted by Gasteiger charge is 2.31. The van der Waals surface area contributed by atoms with Gasteiger partial charge in [-0.1, -0.05) is 12.5 Å². The van der Waals surface area contributed by atoms with Crippen molar-refractivity contribution in [3.8, 4) is 11.5 Å². The van der Waals surface area contributed by atoms with Crippen LogP contribution in [-0.2, 0) is 4.79 Å². The number of benzene rings is 1. The number of nitrogens with two attached hydrogens (primary N) is 1. The van der Waals surface area contributed by atoms with E-state index in [9.17, 15) is 4.79 Å². The van der Waals surface area contributed by atoms with Gasteiger partial charge in [0.2, 0.25) is 5.91 Å². The fourth-order valence-electron chi connectivity index (χ4n) is 2.99. The Morgan fingerprint density at radius 2 is 2.18 bits per heavy atom. The summed E-state index contributed by atoms with van der Waals surface area (Å²) in [5, 5.41) is 2.99. The van der Waals surface area contributed by atoms with Crippen LogP contribution < -0.4 is 20.5 Å². The van der Waals surface area contributed by atoms with Gasteiger partial charge in [-0.3, -0.25) is 4.79 Å². The molecule has 0 bridgehead atoms. The summed E-state index contributed by atoms with van der Waals surface area (Å²) in [5.41, 5.74) is 5.73. The lowest BCUT2D eigenvalue weighted by molar-refractivity contribution is -0.126. The molecular weight excluding hydrogens is 280 g/mol. The molecule has 1 aliphatic carbocycles. The van der Waals surface area contributed by atoms with Crippen molar-refractivity contribution in [3.63, 3.8) is 0 Å². The third-order valence-electron chi connectivity index (χ3n) is 4.24. The second-order valence-electron chi connectivity index (χ2n) is 5.89. The standard InChI is InChI=1S/C17H26N2O3/c1-12(22-15-7-4-6-14(9-15)21-2)11-19-17(20)16-8-3-5-13(16)10-18/h4,6-7,9,12-13,16H,3,5,8,10-11,18H2,1-2H3,(H,19,20)/t12?,13-,16-/m1/s1. The van der Waals surface area contributed by atoms with Gasteiger partial charge in [0.15, 0.2) is 0 Å². The lowest BCUT2D eigenvalue weighted by Gasteiger charge is -2.20. The zero-order chi connectivity index (χ0) is 15.9. The van der Waals surface area contributed by atoms with Crippen LogP contribution in [0, 0.1) is 11.8 Å². The first kappa shape index (κ1) is 16.6. The van der Waals surface area contributed by atoms with E-state index in [1.54, 1.807) is 7.11 Å². The first-order valence-electron chi connectivity index (χ1n) is 7.92. The minimum atomic E-state index is -0.103. The molecule has 1 amide bonds. The van der Waals surface area contributed by atoms with E-state index in [0.717, 1.165) is 30.8 Å². The Kier molecular flexibility index (Phi) is 6.07. The summed E-state index contributed by atoms with van der Waals surface area (Å²) in [6.45, 7) is 3.02. The van der Waals surface area contributed by atoms with Gasteiger partial charge in [-0.2, -0.15) is 0 Å². The summed E-state index contributed by atoms with van der Waals surface area (Å²) in [6.07, 6.45) is 2.99. The lowest BCUT2D eigenvalue weighted by Crippen LogP contribution is -2.39. The molecule has 0 aliphatic heterocycles. The van der Waals surface area contributed by atoms with E-state index in [0.29, 0.717) is 19.0 Å². The Morgan fingerprint density at radius 3 is 2.91 bits per heavy atom. The van der Waals surface area contributed by atoms with Crippen molar-refractivity contribution in [2.45, 2.75) is 32.3 Å². The summed E-state index contributed by atoms with van der Waals surface area (Å²) in [5.74, 6) is 1.99. The number of hydrogen-bond donors (Lipinski definition) is 2. The number of carbonyl (C=O) groups is 1. The van der Waals surface area contributed by atoms with Crippen molar-refractivity contribution in [3.05, 3.63) is 24.3 Å². The SMILES string of the molecule is COc1cccc(OC(C)CNC(=O)[C@@H]2CCC[C@@H]2CN)c1. The minimum Gasteiger partial charge on any atom is -0.497 e. The second-order valence-corrected chi connectivity index (χ2v) is 5.89. The number of methoxy groups -OCH3 is 1. The lowest BCUT2D eigenvalue weighted by atomic mass is 9.95. The topological polar surface area (TPSA) is 73.6 Å². The molecule has 1 aromatic carbocycles. The van der Waals surface area contributed by atoms with Gasteiger partial charge in [-0.15, -0.1) is 0 Å². The Labute approximate surface area is 132 Å². The average Bonchev–Trinajstić information content (AvgIpc) is 3.01. The zero-order valence-electron chi connectivity index (χ0n) is 13.4. The maximum absolute atomic E-state index is 12.2. The van der Waals surface area contributed by atoms with Crippen LogP contribution in [-0.4, -0.2) is 32.2 Å². The van der Waals surface area contributed by atoms with Gasteiger partial charge in [0.05, 0.1) is 13.7 Å². The number of hydrogen-bond acceptors (Lipinski definition) is 4. The highest BCUT2D eigenvalue weighted by molar-refractivity contribution is 5.79. The Morgan fingerprint density at radius 1 is 1.41 bits per heavy atom. The van der Waals surface area contributed by atoms with Crippen LogP contribution in [0.25, 0.3) is 0 Å². The largest absolute Gasteiger partial charge is 0.497 e. The molecule has 0 saturated heterocycles. The molecule has 0 spiro atoms. The number of rotatable bonds is 7. The molecule has 5 heteroatoms. The van der Waals surface area contributed by atoms with Crippen molar-refractivity contribution in [1.29, 1.82) is 0 Å². The van der Waals surface area contributed by atoms with Crippen LogP contribution in [0.5, 0.6) is 11.5 Å². The van der Waals surface area contributed by atoms with E-state index in [2.05, 4.69) is 5.32 Å². The highest BCUT2D eigenvalue weighted by atomic mass is 16.5. The van der Waals surface area contributed by atoms with Crippen molar-refractivity contribution in [2.75, 3.05) is 20.2 Å². The zero-order valence-corrected chi connectivity index (χ0v) is 13.4. The second kappa shape index (κ2) is 8.03. The minimum absolute atomic E-state index is 0.0639. The summed E-state index contributed by atoms with van der Waals surface area (Å²) in [6, 6.07) is 7.46. The van der Waals surface area contributed by atoms with Crippen LogP contribution in [0.1, 0.15) is 26.2 Å². The maximum atomic E-state index is 12.2. The number of ether oxygens (including phenoxy) is 2. The Hall–Kier alpha value is -1.75. The number of carbonyl (C=O) groups excluding carboxylic acids is 1. The van der Waals surface area contributed by atoms with E-state index in [1.165, 1.54) is 0 Å². The fraction of sp³-hybridized carbons (Fsp3) is 0.588. The van der Waals surface area contributed by atoms with Gasteiger partial charge in [0.25, 0.3) is 0 Å². The summed E-state index contributed by atoms with van der Waals surface area (Å²) in [7, 11) is 1.62. The van der Waals surface area contributed by atoms with Crippen LogP contribution in [0.15, 0.2) is 24.3 Å². The van der Waals surface area contributed by atoms with Crippen molar-refractivity contribution in [2.24, 2.45) is 17.6 Å². The molecule has 0 aromatic heterocycles. The van der Waals surface area contributed by atoms with E-state index >= 15 is 0 Å². The highest BCUT2D eigenvalue weighted by Crippen LogP contribution is 2.30. The van der Waals surface area contributed by atoms with Gasteiger partial charge in [0.1, 0.15) is 17.6 Å². The monoisotopic (exact) mass is 306 g/mol. The third-order valence-corrected chi connectivity index (χ3v) is 4.24. The van der Waals surface area contributed by atoms with Crippen LogP contribution in [0.2, 0.25) is 0 Å². The molecule has 22 heavy (non-hydrogen) atoms. The molecule has 3 atom stereocenters. The van der Waals surface area contributed by atoms with E-state index in [-0.39, 0.29) is 17.9 Å². The molecule has 0 radical (unpaired) electrons. The summed E-state index contributed by atoms with van der Waals surface area (Å²) < 4.78 is 11.0. The number of amides is 1. The maximum Gasteiger partial charge on any atom is 0.223 e. The van der Waals surface area contributed by atoms with Crippen molar-refractivity contribution < 1.29 is 14.3 Å². The van der Waals surface area contributed by atoms with Gasteiger partial charge in [-0.25, -0.2) is 0 Å². The quantitative estimate of drug-likeness (QED) is 0.807. The normalized spacial score (nSPS) is 22.1. The van der Waals surface area contributed by atoms with Crippen molar-refractivity contribution >= 4 is 5.91 Å². The molecular formula is C17H26N2O3.